The molecule has 0 aromatic heterocycles. The highest BCUT2D eigenvalue weighted by atomic mass is 35.5. The summed E-state index contributed by atoms with van der Waals surface area (Å²) >= 11 is 7.12. The molecule has 0 aliphatic carbocycles. The first-order valence-electron chi connectivity index (χ1n) is 5.64. The van der Waals surface area contributed by atoms with Crippen molar-refractivity contribution >= 4 is 28.0 Å². The Bertz CT molecular complexity index is 363. The van der Waals surface area contributed by atoms with Gasteiger partial charge in [-0.1, -0.05) is 50.1 Å². The van der Waals surface area contributed by atoms with Gasteiger partial charge in [0.25, 0.3) is 0 Å². The molecule has 90 valence electrons. The molecule has 0 radical (unpaired) electrons. The summed E-state index contributed by atoms with van der Waals surface area (Å²) in [5, 5.41) is 11.2. The van der Waals surface area contributed by atoms with E-state index in [0.29, 0.717) is 5.05 Å². The van der Waals surface area contributed by atoms with Gasteiger partial charge in [-0.2, -0.15) is 11.4 Å². The van der Waals surface area contributed by atoms with Gasteiger partial charge in [-0.15, -0.1) is 0 Å². The standard InChI is InChI=1S/C13H19ClOS/c1-3-4-9-16-13(15)10(2)11-7-5-6-8-12(11)14/h5-8,10,15-16H,3-4,9H2,1-2H3. The first kappa shape index (κ1) is 13.8. The third kappa shape index (κ3) is 3.93. The van der Waals surface area contributed by atoms with E-state index >= 15 is 0 Å². The van der Waals surface area contributed by atoms with Gasteiger partial charge in [0.05, 0.1) is 5.05 Å². The van der Waals surface area contributed by atoms with Gasteiger partial charge in [-0.05, 0) is 23.8 Å². The number of rotatable bonds is 5. The minimum atomic E-state index is 0.0206. The third-order valence-electron chi connectivity index (χ3n) is 2.54. The molecule has 0 spiro atoms. The fraction of sp³-hybridized carbons (Fsp3) is 0.462. The van der Waals surface area contributed by atoms with Crippen LogP contribution in [-0.4, -0.2) is 15.9 Å². The lowest BCUT2D eigenvalue weighted by Crippen LogP contribution is -2.07. The maximum atomic E-state index is 9.97. The van der Waals surface area contributed by atoms with Gasteiger partial charge in [0.15, 0.2) is 0 Å². The van der Waals surface area contributed by atoms with Crippen LogP contribution in [0.5, 0.6) is 0 Å². The van der Waals surface area contributed by atoms with Gasteiger partial charge in [-0.3, -0.25) is 0 Å². The molecule has 0 bridgehead atoms. The molecule has 0 aliphatic heterocycles. The zero-order chi connectivity index (χ0) is 12.0. The van der Waals surface area contributed by atoms with Gasteiger partial charge in [-0.25, -0.2) is 0 Å². The highest BCUT2D eigenvalue weighted by molar-refractivity contribution is 7.98. The van der Waals surface area contributed by atoms with Gasteiger partial charge in [0.1, 0.15) is 0 Å². The number of aliphatic hydroxyl groups is 1. The molecular weight excluding hydrogens is 240 g/mol. The van der Waals surface area contributed by atoms with Crippen LogP contribution in [0.1, 0.15) is 38.2 Å². The van der Waals surface area contributed by atoms with E-state index in [1.807, 2.05) is 31.2 Å². The zero-order valence-electron chi connectivity index (χ0n) is 9.78. The average Bonchev–Trinajstić information content (AvgIpc) is 2.29. The van der Waals surface area contributed by atoms with Gasteiger partial charge < -0.3 is 5.11 Å². The molecule has 0 fully saturated rings. The monoisotopic (exact) mass is 258 g/mol. The highest BCUT2D eigenvalue weighted by Gasteiger charge is 2.12. The Morgan fingerprint density at radius 2 is 2.12 bits per heavy atom. The average molecular weight is 259 g/mol. The Kier molecular flexibility index (Phi) is 6.10. The molecule has 1 N–H and O–H groups in total. The Hall–Kier alpha value is -0.310. The van der Waals surface area contributed by atoms with Crippen LogP contribution in [0.2, 0.25) is 5.02 Å². The molecule has 1 nitrogen and oxygen atoms in total. The maximum absolute atomic E-state index is 9.97. The lowest BCUT2D eigenvalue weighted by atomic mass is 10.0. The molecule has 0 heterocycles. The summed E-state index contributed by atoms with van der Waals surface area (Å²) in [6.07, 6.45) is 2.32. The quantitative estimate of drug-likeness (QED) is 0.456. The number of thiol groups is 1. The van der Waals surface area contributed by atoms with Crippen LogP contribution in [0.15, 0.2) is 24.3 Å². The number of benzene rings is 1. The topological polar surface area (TPSA) is 20.2 Å². The first-order valence-corrected chi connectivity index (χ1v) is 7.10. The minimum absolute atomic E-state index is 0.0206. The lowest BCUT2D eigenvalue weighted by molar-refractivity contribution is 0.539. The van der Waals surface area contributed by atoms with E-state index in [0.717, 1.165) is 34.1 Å². The molecule has 3 heteroatoms. The smallest absolute Gasteiger partial charge is 0.0767 e. The number of unbranched alkanes of at least 4 members (excludes halogenated alkanes) is 1. The largest absolute Gasteiger partial charge is 0.359 e. The van der Waals surface area contributed by atoms with Gasteiger partial charge in [0.2, 0.25) is 0 Å². The Morgan fingerprint density at radius 3 is 2.75 bits per heavy atom. The molecule has 16 heavy (non-hydrogen) atoms. The van der Waals surface area contributed by atoms with Crippen molar-refractivity contribution in [3.8, 4) is 0 Å². The molecule has 1 unspecified atom stereocenters. The molecular formula is C13H19ClOS. The number of halogens is 1. The van der Waals surface area contributed by atoms with Crippen molar-refractivity contribution in [1.82, 2.24) is 0 Å². The van der Waals surface area contributed by atoms with E-state index in [4.69, 9.17) is 11.6 Å². The van der Waals surface area contributed by atoms with Crippen molar-refractivity contribution in [2.24, 2.45) is 0 Å². The van der Waals surface area contributed by atoms with Crippen molar-refractivity contribution in [1.29, 1.82) is 0 Å². The number of hydrogen-bond donors (Lipinski definition) is 2. The predicted octanol–water partition coefficient (Wildman–Crippen LogP) is 4.40. The molecule has 1 aromatic carbocycles. The SMILES string of the molecule is CCCC[SH]=C(O)C(C)c1ccccc1Cl. The van der Waals surface area contributed by atoms with Gasteiger partial charge in [0, 0.05) is 10.9 Å². The Morgan fingerprint density at radius 1 is 1.44 bits per heavy atom. The lowest BCUT2D eigenvalue weighted by Gasteiger charge is -2.13. The Balaban J connectivity index is 2.74. The fourth-order valence-electron chi connectivity index (χ4n) is 1.45. The fourth-order valence-corrected chi connectivity index (χ4v) is 2.87. The summed E-state index contributed by atoms with van der Waals surface area (Å²) in [5.74, 6) is 1.05. The molecule has 1 aromatic rings. The van der Waals surface area contributed by atoms with Crippen LogP contribution < -0.4 is 0 Å². The van der Waals surface area contributed by atoms with E-state index in [2.05, 4.69) is 6.92 Å². The molecule has 0 aliphatic rings. The molecule has 0 amide bonds. The van der Waals surface area contributed by atoms with Crippen LogP contribution >= 0.6 is 23.0 Å². The Labute approximate surface area is 106 Å². The highest BCUT2D eigenvalue weighted by Crippen LogP contribution is 2.25. The van der Waals surface area contributed by atoms with Crippen molar-refractivity contribution in [2.75, 3.05) is 5.75 Å². The summed E-state index contributed by atoms with van der Waals surface area (Å²) in [6.45, 7) is 4.15. The van der Waals surface area contributed by atoms with Crippen LogP contribution in [0.3, 0.4) is 0 Å². The summed E-state index contributed by atoms with van der Waals surface area (Å²) < 4.78 is 0. The molecule has 1 atom stereocenters. The van der Waals surface area contributed by atoms with E-state index in [1.54, 1.807) is 0 Å². The summed E-state index contributed by atoms with van der Waals surface area (Å²) in [6, 6.07) is 7.69. The number of aliphatic hydroxyl groups excluding tert-OH is 1. The van der Waals surface area contributed by atoms with E-state index in [1.165, 1.54) is 6.42 Å². The predicted molar refractivity (Wildman–Crippen MR) is 76.3 cm³/mol. The zero-order valence-corrected chi connectivity index (χ0v) is 11.4. The van der Waals surface area contributed by atoms with E-state index < -0.39 is 0 Å². The molecule has 0 saturated carbocycles. The summed E-state index contributed by atoms with van der Waals surface area (Å²) in [5.41, 5.74) is 1.01. The van der Waals surface area contributed by atoms with Crippen molar-refractivity contribution in [2.45, 2.75) is 32.6 Å². The van der Waals surface area contributed by atoms with Crippen LogP contribution in [0.25, 0.3) is 0 Å². The summed E-state index contributed by atoms with van der Waals surface area (Å²) in [7, 11) is 0. The van der Waals surface area contributed by atoms with E-state index in [-0.39, 0.29) is 5.92 Å². The number of hydrogen-bond acceptors (Lipinski definition) is 0. The normalized spacial score (nSPS) is 14.4. The minimum Gasteiger partial charge on any atom is -0.359 e. The second-order valence-corrected chi connectivity index (χ2v) is 5.47. The van der Waals surface area contributed by atoms with Crippen molar-refractivity contribution in [3.63, 3.8) is 0 Å². The van der Waals surface area contributed by atoms with Gasteiger partial charge >= 0.3 is 0 Å². The van der Waals surface area contributed by atoms with Crippen molar-refractivity contribution < 1.29 is 5.11 Å². The maximum Gasteiger partial charge on any atom is 0.0767 e. The first-order chi connectivity index (χ1) is 7.66. The van der Waals surface area contributed by atoms with Crippen LogP contribution in [-0.2, 0) is 0 Å². The summed E-state index contributed by atoms with van der Waals surface area (Å²) in [4.78, 5) is 0. The van der Waals surface area contributed by atoms with Crippen LogP contribution in [0, 0.1) is 0 Å². The molecule has 1 rings (SSSR count). The van der Waals surface area contributed by atoms with E-state index in [9.17, 15) is 5.11 Å². The molecule has 0 saturated heterocycles. The second kappa shape index (κ2) is 7.10. The van der Waals surface area contributed by atoms with Crippen molar-refractivity contribution in [3.05, 3.63) is 34.9 Å². The van der Waals surface area contributed by atoms with Crippen LogP contribution in [0.4, 0.5) is 0 Å². The third-order valence-corrected chi connectivity index (χ3v) is 4.14. The second-order valence-electron chi connectivity index (χ2n) is 3.84.